The van der Waals surface area contributed by atoms with Crippen LogP contribution in [0.15, 0.2) is 0 Å². The molecule has 44 atom stereocenters. The molecule has 0 N–H and O–H groups in total. The van der Waals surface area contributed by atoms with Crippen molar-refractivity contribution >= 4 is 5.78 Å². The summed E-state index contributed by atoms with van der Waals surface area (Å²) >= 11 is 0. The van der Waals surface area contributed by atoms with Crippen molar-refractivity contribution in [3.8, 4) is 0 Å². The second-order valence-corrected chi connectivity index (χ2v) is 65.5. The van der Waals surface area contributed by atoms with Crippen LogP contribution >= 0.6 is 0 Å². The van der Waals surface area contributed by atoms with E-state index in [0.29, 0.717) is 75.7 Å². The largest absolute Gasteiger partial charge is 0.349 e. The molecular weight excluding hydrogens is 1860 g/mol. The molecule has 22 aliphatic rings. The van der Waals surface area contributed by atoms with Crippen molar-refractivity contribution in [1.29, 1.82) is 0 Å². The van der Waals surface area contributed by atoms with Crippen molar-refractivity contribution in [2.45, 2.75) is 594 Å². The Bertz CT molecular complexity index is 4310. The minimum absolute atomic E-state index is 0.0218. The fourth-order valence-corrected chi connectivity index (χ4v) is 43.7. The number of hydrogen-bond acceptors (Lipinski definition) is 15. The highest BCUT2D eigenvalue weighted by Crippen LogP contribution is 2.78. The van der Waals surface area contributed by atoms with E-state index in [-0.39, 0.29) is 85.6 Å². The van der Waals surface area contributed by atoms with Crippen LogP contribution in [0.3, 0.4) is 0 Å². The summed E-state index contributed by atoms with van der Waals surface area (Å²) in [5.74, 6) is 22.7. The minimum Gasteiger partial charge on any atom is -0.349 e. The van der Waals surface area contributed by atoms with E-state index < -0.39 is 11.6 Å². The van der Waals surface area contributed by atoms with Gasteiger partial charge in [-0.25, -0.2) is 48.9 Å². The van der Waals surface area contributed by atoms with E-state index >= 15 is 0 Å². The quantitative estimate of drug-likeness (QED) is 0.107. The first-order valence-corrected chi connectivity index (χ1v) is 65.1. The average molecular weight is 2100 g/mol. The predicted octanol–water partition coefficient (Wildman–Crippen LogP) is 35.5. The number of hydrogen-bond donors (Lipinski definition) is 0. The molecule has 0 bridgehead atoms. The number of Topliss-reactive ketones (excluding diaryl/α,β-unsaturated/α-hetero) is 1. The number of carbonyl (C=O) groups excluding carboxylic acids is 1. The number of rotatable bonds is 16. The molecular formula is C135H234O15. The normalized spacial score (nSPS) is 49.3. The zero-order valence-corrected chi connectivity index (χ0v) is 103. The Labute approximate surface area is 919 Å². The van der Waals surface area contributed by atoms with E-state index in [2.05, 4.69) is 215 Å². The first kappa shape index (κ1) is 119. The van der Waals surface area contributed by atoms with Gasteiger partial charge in [-0.2, -0.15) is 0 Å². The van der Waals surface area contributed by atoms with Gasteiger partial charge in [-0.1, -0.05) is 182 Å². The van der Waals surface area contributed by atoms with Crippen molar-refractivity contribution < 1.29 is 72.6 Å². The minimum atomic E-state index is -0.494. The van der Waals surface area contributed by atoms with Gasteiger partial charge in [0, 0.05) is 30.1 Å². The van der Waals surface area contributed by atoms with Gasteiger partial charge in [0.15, 0.2) is 11.6 Å². The molecule has 15 heteroatoms. The topological polar surface area (TPSA) is 146 Å². The molecule has 0 amide bonds. The highest BCUT2D eigenvalue weighted by molar-refractivity contribution is 5.88. The Morgan fingerprint density at radius 3 is 0.833 bits per heavy atom. The molecule has 864 valence electrons. The van der Waals surface area contributed by atoms with Gasteiger partial charge in [-0.15, -0.1) is 0 Å². The molecule has 2 heterocycles. The maximum absolute atomic E-state index is 13.0. The molecule has 20 aliphatic carbocycles. The van der Waals surface area contributed by atoms with E-state index in [1.165, 1.54) is 238 Å². The van der Waals surface area contributed by atoms with Crippen LogP contribution in [0.4, 0.5) is 0 Å². The third-order valence-corrected chi connectivity index (χ3v) is 51.6. The summed E-state index contributed by atoms with van der Waals surface area (Å²) < 4.78 is 25.9. The highest BCUT2D eigenvalue weighted by Gasteiger charge is 2.76. The van der Waals surface area contributed by atoms with Gasteiger partial charge in [0.1, 0.15) is 24.1 Å². The van der Waals surface area contributed by atoms with E-state index in [4.69, 9.17) is 67.8 Å². The molecule has 0 radical (unpaired) electrons. The lowest BCUT2D eigenvalue weighted by atomic mass is 9.43. The van der Waals surface area contributed by atoms with Crippen LogP contribution in [0.1, 0.15) is 524 Å². The Morgan fingerprint density at radius 2 is 0.540 bits per heavy atom. The maximum atomic E-state index is 13.0. The highest BCUT2D eigenvalue weighted by atomic mass is 17.2. The zero-order valence-electron chi connectivity index (χ0n) is 103. The van der Waals surface area contributed by atoms with Crippen LogP contribution in [-0.4, -0.2) is 102 Å². The van der Waals surface area contributed by atoms with Crippen LogP contribution in [0.5, 0.6) is 0 Å². The van der Waals surface area contributed by atoms with Crippen LogP contribution in [0.25, 0.3) is 0 Å². The predicted molar refractivity (Wildman–Crippen MR) is 604 cm³/mol. The molecule has 0 aromatic rings. The molecule has 2 saturated heterocycles. The maximum Gasteiger partial charge on any atom is 0.176 e. The molecule has 10 unspecified atom stereocenters. The molecule has 0 aromatic carbocycles. The molecule has 22 rings (SSSR count). The average Bonchev–Trinajstić information content (AvgIpc) is 1.52. The second kappa shape index (κ2) is 44.3. The fraction of sp³-hybridized carbons (Fsp3) is 0.993. The monoisotopic (exact) mass is 2100 g/mol. The second-order valence-electron chi connectivity index (χ2n) is 65.5. The van der Waals surface area contributed by atoms with Gasteiger partial charge in [0.25, 0.3) is 0 Å². The summed E-state index contributed by atoms with van der Waals surface area (Å²) in [4.78, 5) is 75.0. The lowest BCUT2D eigenvalue weighted by molar-refractivity contribution is -0.431. The van der Waals surface area contributed by atoms with E-state index in [9.17, 15) is 4.79 Å². The summed E-state index contributed by atoms with van der Waals surface area (Å²) in [7, 11) is 0. The number of ether oxygens (including phenoxy) is 4. The van der Waals surface area contributed by atoms with Gasteiger partial charge >= 0.3 is 0 Å². The van der Waals surface area contributed by atoms with Gasteiger partial charge in [-0.05, 0) is 521 Å². The summed E-state index contributed by atoms with van der Waals surface area (Å²) in [5, 5.41) is 0. The Kier molecular flexibility index (Phi) is 35.0. The molecule has 150 heavy (non-hydrogen) atoms. The van der Waals surface area contributed by atoms with Crippen LogP contribution in [0.2, 0.25) is 0 Å². The molecule has 20 saturated carbocycles. The lowest BCUT2D eigenvalue weighted by Crippen LogP contribution is -2.64. The van der Waals surface area contributed by atoms with Gasteiger partial charge in [0.05, 0.1) is 82.9 Å². The van der Waals surface area contributed by atoms with Crippen molar-refractivity contribution in [1.82, 2.24) is 0 Å². The third kappa shape index (κ3) is 21.7. The Hall–Kier alpha value is -0.890. The zero-order chi connectivity index (χ0) is 108. The summed E-state index contributed by atoms with van der Waals surface area (Å²) in [6.07, 6.45) is 59.5. The summed E-state index contributed by atoms with van der Waals surface area (Å²) in [5.41, 5.74) is 0.804. The summed E-state index contributed by atoms with van der Waals surface area (Å²) in [6.45, 7) is 81.9. The Morgan fingerprint density at radius 1 is 0.280 bits per heavy atom. The molecule has 2 spiro atoms. The smallest absolute Gasteiger partial charge is 0.176 e. The lowest BCUT2D eigenvalue weighted by Gasteiger charge is -2.63. The summed E-state index contributed by atoms with van der Waals surface area (Å²) in [6, 6.07) is 0. The molecule has 22 fully saturated rings. The number of ketones is 1. The van der Waals surface area contributed by atoms with Gasteiger partial charge in [0.2, 0.25) is 0 Å². The Balaban J connectivity index is 0.000000122. The van der Waals surface area contributed by atoms with Crippen LogP contribution in [0, 0.1) is 226 Å². The third-order valence-electron chi connectivity index (χ3n) is 51.6. The first-order chi connectivity index (χ1) is 70.2. The van der Waals surface area contributed by atoms with Crippen LogP contribution < -0.4 is 0 Å². The molecule has 15 nitrogen and oxygen atoms in total. The number of fused-ring (bicyclic) bond motifs is 27. The standard InChI is InChI=1S/2C29H52O2.C27H46O4.C26H44O4.C24H40O3/c2*1-9-10-20(3)23-13-14-24-22-12-11-21-17-19(2)15-16-28(21,7)25(22)18-26(29(23,24)8)30-31-27(4,5)6;1-18-10-12-25(5)19(16-18)8-9-20-21-11-13-27(28-14-7-15-29-27)26(21,6)23(17-22(20)25)30-31-24(2,3)4;1-17-9-11-24(5)18(15-17)7-8-19-20-10-12-26(27-13-14-28-26)25(20,6)22(16-21(19)24)29-30-23(2,3)4;1-15-11-12-23(5)16(13-15)7-8-17-18-9-10-20(25)24(18,6)21(14-19(17)23)26-27-22(2,3)4/h2*19-26H,9-18H2,1-8H3;18-23H,7-17H2,1-6H3;17-22H,7-16H2,1-6H3;15-19,21H,7-14H2,1-6H3/t2*19-,20-,21-,22+,23-,24+,25?,26?,28+,29-;18-,19-,20+,21+,22?,23?,25+,26-;17-,18-,19+,20+,21?,22?,24+,25-;15-,16-,17+,18+,19?,21?,23+,24+/m11111/s1. The van der Waals surface area contributed by atoms with Crippen molar-refractivity contribution in [2.24, 2.45) is 226 Å². The number of carbonyl (C=O) groups is 1. The van der Waals surface area contributed by atoms with E-state index in [1.54, 1.807) is 0 Å². The van der Waals surface area contributed by atoms with Crippen molar-refractivity contribution in [3.63, 3.8) is 0 Å². The SMILES string of the molecule is CCC[C@@H](C)[C@H]1CC[C@H]2[C@@H]3CC[C@@H]4C[C@H](C)CC[C@]4(C)C3CC(OOC(C)(C)C)[C@]12C.CCC[C@@H](C)[C@H]1CC[C@H]2[C@@H]3CC[C@@H]4C[C@H](C)CC[C@]4(C)C3CC(OOC(C)(C)C)[C@]12C.C[C@@H]1CC[C@]2(C)C3CC(OOC(C)(C)C)[C@@]4(C)[C@@H](CCC45OCCCO5)[C@@H]3CC[C@@H]2C1.C[C@@H]1CC[C@]2(C)C3CC(OOC(C)(C)C)[C@@]4(C)[C@@H](CCC45OCCO5)[C@@H]3CC[C@@H]2C1.C[C@@H]1CC[C@]2(C)C3CC(OOC(C)(C)C)[C@]4(C)C(=O)CC[C@H]4[C@@H]3CC[C@@H]2C1. The fourth-order valence-electron chi connectivity index (χ4n) is 43.7. The van der Waals surface area contributed by atoms with Gasteiger partial charge in [-0.3, -0.25) is 4.79 Å². The first-order valence-electron chi connectivity index (χ1n) is 65.1. The van der Waals surface area contributed by atoms with E-state index in [0.717, 1.165) is 207 Å². The molecule has 0 aromatic heterocycles. The van der Waals surface area contributed by atoms with Gasteiger partial charge < -0.3 is 18.9 Å². The van der Waals surface area contributed by atoms with Crippen molar-refractivity contribution in [3.05, 3.63) is 0 Å². The van der Waals surface area contributed by atoms with E-state index in [1.807, 2.05) is 20.8 Å². The van der Waals surface area contributed by atoms with Crippen molar-refractivity contribution in [2.75, 3.05) is 26.4 Å². The molecule has 2 aliphatic heterocycles. The van der Waals surface area contributed by atoms with Crippen LogP contribution in [-0.2, 0) is 72.6 Å².